The van der Waals surface area contributed by atoms with Crippen LogP contribution in [0.3, 0.4) is 0 Å². The molecule has 148 valence electrons. The van der Waals surface area contributed by atoms with Crippen LogP contribution in [0.15, 0.2) is 42.6 Å². The van der Waals surface area contributed by atoms with Crippen LogP contribution < -0.4 is 5.32 Å². The monoisotopic (exact) mass is 391 g/mol. The quantitative estimate of drug-likeness (QED) is 0.863. The van der Waals surface area contributed by atoms with Crippen molar-refractivity contribution in [3.63, 3.8) is 0 Å². The van der Waals surface area contributed by atoms with E-state index in [1.54, 1.807) is 23.2 Å². The zero-order chi connectivity index (χ0) is 20.3. The molecular formula is C20H20F3N3O2. The number of nitrogens with zero attached hydrogens (tertiary/aromatic N) is 2. The van der Waals surface area contributed by atoms with E-state index in [2.05, 4.69) is 10.3 Å². The number of anilines is 1. The Labute approximate surface area is 160 Å². The summed E-state index contributed by atoms with van der Waals surface area (Å²) in [6, 6.07) is 7.78. The Balaban J connectivity index is 1.55. The minimum atomic E-state index is -4.43. The van der Waals surface area contributed by atoms with Crippen LogP contribution in [-0.4, -0.2) is 34.8 Å². The van der Waals surface area contributed by atoms with Crippen LogP contribution in [0.4, 0.5) is 18.9 Å². The average Bonchev–Trinajstić information content (AvgIpc) is 2.69. The fraction of sp³-hybridized carbons (Fsp3) is 0.350. The third kappa shape index (κ3) is 4.68. The molecule has 3 rings (SSSR count). The maximum absolute atomic E-state index is 12.6. The molecule has 0 saturated carbocycles. The summed E-state index contributed by atoms with van der Waals surface area (Å²) < 4.78 is 37.9. The Morgan fingerprint density at radius 1 is 1.07 bits per heavy atom. The molecule has 5 nitrogen and oxygen atoms in total. The molecule has 0 radical (unpaired) electrons. The molecule has 28 heavy (non-hydrogen) atoms. The number of carbonyl (C=O) groups is 2. The Hall–Kier alpha value is -2.90. The number of benzene rings is 1. The SMILES string of the molecule is Cc1ccc(NC(=O)C2CCN(C(=O)c3ccc(C(F)(F)F)cc3)CC2)cn1. The first-order valence-electron chi connectivity index (χ1n) is 8.94. The lowest BCUT2D eigenvalue weighted by atomic mass is 9.95. The number of alkyl halides is 3. The highest BCUT2D eigenvalue weighted by Crippen LogP contribution is 2.29. The average molecular weight is 391 g/mol. The summed E-state index contributed by atoms with van der Waals surface area (Å²) in [6.45, 7) is 2.61. The minimum absolute atomic E-state index is 0.118. The maximum Gasteiger partial charge on any atom is 0.416 e. The zero-order valence-electron chi connectivity index (χ0n) is 15.3. The molecule has 0 bridgehead atoms. The van der Waals surface area contributed by atoms with Gasteiger partial charge in [0, 0.05) is 30.3 Å². The highest BCUT2D eigenvalue weighted by Gasteiger charge is 2.31. The van der Waals surface area contributed by atoms with Gasteiger partial charge in [-0.1, -0.05) is 0 Å². The molecule has 0 unspecified atom stereocenters. The van der Waals surface area contributed by atoms with Gasteiger partial charge in [0.05, 0.1) is 17.4 Å². The lowest BCUT2D eigenvalue weighted by Crippen LogP contribution is -2.41. The molecule has 0 spiro atoms. The van der Waals surface area contributed by atoms with Crippen LogP contribution in [-0.2, 0) is 11.0 Å². The molecule has 2 heterocycles. The summed E-state index contributed by atoms with van der Waals surface area (Å²) in [4.78, 5) is 30.6. The van der Waals surface area contributed by atoms with E-state index in [1.807, 2.05) is 6.92 Å². The van der Waals surface area contributed by atoms with Gasteiger partial charge >= 0.3 is 6.18 Å². The van der Waals surface area contributed by atoms with Gasteiger partial charge < -0.3 is 10.2 Å². The predicted octanol–water partition coefficient (Wildman–Crippen LogP) is 3.90. The van der Waals surface area contributed by atoms with Crippen molar-refractivity contribution in [2.45, 2.75) is 25.9 Å². The fourth-order valence-electron chi connectivity index (χ4n) is 3.12. The number of likely N-dealkylation sites (tertiary alicyclic amines) is 1. The molecule has 8 heteroatoms. The van der Waals surface area contributed by atoms with E-state index < -0.39 is 11.7 Å². The number of halogens is 3. The summed E-state index contributed by atoms with van der Waals surface area (Å²) in [6.07, 6.45) is -1.84. The lowest BCUT2D eigenvalue weighted by Gasteiger charge is -2.31. The molecule has 1 N–H and O–H groups in total. The number of amides is 2. The Morgan fingerprint density at radius 2 is 1.71 bits per heavy atom. The van der Waals surface area contributed by atoms with Crippen LogP contribution in [0.25, 0.3) is 0 Å². The van der Waals surface area contributed by atoms with Gasteiger partial charge in [-0.2, -0.15) is 13.2 Å². The molecule has 1 aliphatic rings. The lowest BCUT2D eigenvalue weighted by molar-refractivity contribution is -0.137. The number of hydrogen-bond acceptors (Lipinski definition) is 3. The standard InChI is InChI=1S/C20H20F3N3O2/c1-13-2-7-17(12-24-13)25-18(27)14-8-10-26(11-9-14)19(28)15-3-5-16(6-4-15)20(21,22)23/h2-7,12,14H,8-11H2,1H3,(H,25,27). The number of piperidine rings is 1. The fourth-order valence-corrected chi connectivity index (χ4v) is 3.12. The molecule has 0 aliphatic carbocycles. The first kappa shape index (κ1) is 19.9. The third-order valence-electron chi connectivity index (χ3n) is 4.79. The molecule has 1 aliphatic heterocycles. The van der Waals surface area contributed by atoms with Crippen molar-refractivity contribution in [3.05, 3.63) is 59.4 Å². The van der Waals surface area contributed by atoms with Crippen molar-refractivity contribution >= 4 is 17.5 Å². The summed E-state index contributed by atoms with van der Waals surface area (Å²) >= 11 is 0. The van der Waals surface area contributed by atoms with Gasteiger partial charge in [-0.15, -0.1) is 0 Å². The van der Waals surface area contributed by atoms with Crippen LogP contribution >= 0.6 is 0 Å². The van der Waals surface area contributed by atoms with E-state index in [0.717, 1.165) is 17.8 Å². The zero-order valence-corrected chi connectivity index (χ0v) is 15.3. The van der Waals surface area contributed by atoms with Crippen LogP contribution in [0.5, 0.6) is 0 Å². The number of carbonyl (C=O) groups excluding carboxylic acids is 2. The van der Waals surface area contributed by atoms with Crippen LogP contribution in [0.1, 0.15) is 34.5 Å². The van der Waals surface area contributed by atoms with Crippen molar-refractivity contribution in [1.82, 2.24) is 9.88 Å². The van der Waals surface area contributed by atoms with Crippen molar-refractivity contribution in [2.75, 3.05) is 18.4 Å². The third-order valence-corrected chi connectivity index (χ3v) is 4.79. The molecule has 1 aromatic heterocycles. The highest BCUT2D eigenvalue weighted by molar-refractivity contribution is 5.95. The van der Waals surface area contributed by atoms with E-state index in [9.17, 15) is 22.8 Å². The van der Waals surface area contributed by atoms with Crippen molar-refractivity contribution < 1.29 is 22.8 Å². The van der Waals surface area contributed by atoms with Gasteiger partial charge in [0.25, 0.3) is 5.91 Å². The van der Waals surface area contributed by atoms with Gasteiger partial charge in [-0.25, -0.2) is 0 Å². The summed E-state index contributed by atoms with van der Waals surface area (Å²) in [5, 5.41) is 2.82. The summed E-state index contributed by atoms with van der Waals surface area (Å²) in [7, 11) is 0. The molecule has 1 saturated heterocycles. The van der Waals surface area contributed by atoms with E-state index in [4.69, 9.17) is 0 Å². The normalized spacial score (nSPS) is 15.4. The molecule has 1 aromatic carbocycles. The molecule has 0 atom stereocenters. The summed E-state index contributed by atoms with van der Waals surface area (Å²) in [5.41, 5.74) is 0.901. The van der Waals surface area contributed by atoms with E-state index in [1.165, 1.54) is 12.1 Å². The topological polar surface area (TPSA) is 62.3 Å². The first-order chi connectivity index (χ1) is 13.2. The number of pyridine rings is 1. The maximum atomic E-state index is 12.6. The predicted molar refractivity (Wildman–Crippen MR) is 97.7 cm³/mol. The van der Waals surface area contributed by atoms with Crippen molar-refractivity contribution in [3.8, 4) is 0 Å². The highest BCUT2D eigenvalue weighted by atomic mass is 19.4. The van der Waals surface area contributed by atoms with Crippen molar-refractivity contribution in [1.29, 1.82) is 0 Å². The van der Waals surface area contributed by atoms with E-state index in [0.29, 0.717) is 31.6 Å². The minimum Gasteiger partial charge on any atom is -0.339 e. The Morgan fingerprint density at radius 3 is 2.25 bits per heavy atom. The van der Waals surface area contributed by atoms with Gasteiger partial charge in [0.15, 0.2) is 0 Å². The second-order valence-electron chi connectivity index (χ2n) is 6.82. The second-order valence-corrected chi connectivity index (χ2v) is 6.82. The smallest absolute Gasteiger partial charge is 0.339 e. The molecule has 2 amide bonds. The first-order valence-corrected chi connectivity index (χ1v) is 8.94. The molecule has 1 fully saturated rings. The largest absolute Gasteiger partial charge is 0.416 e. The summed E-state index contributed by atoms with van der Waals surface area (Å²) in [5.74, 6) is -0.666. The molecular weight excluding hydrogens is 371 g/mol. The molecule has 2 aromatic rings. The number of rotatable bonds is 3. The van der Waals surface area contributed by atoms with Gasteiger partial charge in [-0.3, -0.25) is 14.6 Å². The number of nitrogens with one attached hydrogen (secondary N) is 1. The number of hydrogen-bond donors (Lipinski definition) is 1. The van der Waals surface area contributed by atoms with Gasteiger partial charge in [0.2, 0.25) is 5.91 Å². The van der Waals surface area contributed by atoms with Gasteiger partial charge in [-0.05, 0) is 56.2 Å². The Kier molecular flexibility index (Phi) is 5.67. The second kappa shape index (κ2) is 8.00. The Bertz CT molecular complexity index is 840. The van der Waals surface area contributed by atoms with E-state index >= 15 is 0 Å². The van der Waals surface area contributed by atoms with E-state index in [-0.39, 0.29) is 23.3 Å². The van der Waals surface area contributed by atoms with Crippen molar-refractivity contribution in [2.24, 2.45) is 5.92 Å². The van der Waals surface area contributed by atoms with Crippen LogP contribution in [0, 0.1) is 12.8 Å². The van der Waals surface area contributed by atoms with Gasteiger partial charge in [0.1, 0.15) is 0 Å². The number of aryl methyl sites for hydroxylation is 1. The van der Waals surface area contributed by atoms with Crippen LogP contribution in [0.2, 0.25) is 0 Å². The number of aromatic nitrogens is 1.